The van der Waals surface area contributed by atoms with Gasteiger partial charge in [0, 0.05) is 22.8 Å². The van der Waals surface area contributed by atoms with E-state index in [0.717, 1.165) is 25.9 Å². The number of rotatable bonds is 8. The van der Waals surface area contributed by atoms with Crippen molar-refractivity contribution in [3.63, 3.8) is 0 Å². The lowest BCUT2D eigenvalue weighted by atomic mass is 10.3. The van der Waals surface area contributed by atoms with Gasteiger partial charge in [0.05, 0.1) is 0 Å². The van der Waals surface area contributed by atoms with Crippen molar-refractivity contribution in [1.29, 1.82) is 0 Å². The number of thiophene rings is 2. The van der Waals surface area contributed by atoms with Gasteiger partial charge >= 0.3 is 0 Å². The van der Waals surface area contributed by atoms with Crippen LogP contribution in [0.5, 0.6) is 0 Å². The van der Waals surface area contributed by atoms with Crippen molar-refractivity contribution < 1.29 is 0 Å². The number of aromatic nitrogens is 2. The van der Waals surface area contributed by atoms with E-state index in [1.807, 2.05) is 0 Å². The molecular weight excluding hydrogens is 326 g/mol. The molecule has 0 aliphatic rings. The summed E-state index contributed by atoms with van der Waals surface area (Å²) < 4.78 is 0. The second-order valence-electron chi connectivity index (χ2n) is 5.00. The van der Waals surface area contributed by atoms with E-state index in [2.05, 4.69) is 55.6 Å². The normalized spacial score (nSPS) is 10.6. The van der Waals surface area contributed by atoms with Crippen LogP contribution in [-0.2, 0) is 12.8 Å². The first-order valence-electron chi connectivity index (χ1n) is 7.46. The zero-order valence-electron chi connectivity index (χ0n) is 12.7. The largest absolute Gasteiger partial charge is 0.393 e. The van der Waals surface area contributed by atoms with E-state index in [4.69, 9.17) is 5.73 Å². The van der Waals surface area contributed by atoms with Gasteiger partial charge in [-0.3, -0.25) is 0 Å². The van der Waals surface area contributed by atoms with E-state index in [1.54, 1.807) is 22.7 Å². The summed E-state index contributed by atoms with van der Waals surface area (Å²) in [6.07, 6.45) is 3.46. The summed E-state index contributed by atoms with van der Waals surface area (Å²) in [6, 6.07) is 8.39. The molecule has 0 aliphatic carbocycles. The van der Waals surface area contributed by atoms with E-state index >= 15 is 0 Å². The number of nitrogen functional groups attached to an aromatic ring is 1. The highest BCUT2D eigenvalue weighted by Crippen LogP contribution is 2.22. The molecule has 0 saturated heterocycles. The monoisotopic (exact) mass is 345 g/mol. The van der Waals surface area contributed by atoms with Crippen LogP contribution in [0.3, 0.4) is 0 Å². The minimum atomic E-state index is 0.574. The average molecular weight is 345 g/mol. The fraction of sp³-hybridized carbons (Fsp3) is 0.250. The molecule has 3 heterocycles. The molecule has 3 rings (SSSR count). The molecule has 3 aromatic rings. The van der Waals surface area contributed by atoms with Gasteiger partial charge in [0.25, 0.3) is 0 Å². The summed E-state index contributed by atoms with van der Waals surface area (Å²) in [5, 5.41) is 10.8. The molecular formula is C16H19N5S2. The Morgan fingerprint density at radius 1 is 0.870 bits per heavy atom. The number of nitrogens with zero attached hydrogens (tertiary/aromatic N) is 2. The van der Waals surface area contributed by atoms with E-state index in [0.29, 0.717) is 17.3 Å². The van der Waals surface area contributed by atoms with Crippen molar-refractivity contribution in [1.82, 2.24) is 9.97 Å². The molecule has 0 amide bonds. The fourth-order valence-corrected chi connectivity index (χ4v) is 3.61. The van der Waals surface area contributed by atoms with E-state index in [9.17, 15) is 0 Å². The van der Waals surface area contributed by atoms with Gasteiger partial charge in [-0.05, 0) is 35.7 Å². The minimum absolute atomic E-state index is 0.574. The summed E-state index contributed by atoms with van der Waals surface area (Å²) in [7, 11) is 0. The molecule has 7 heteroatoms. The van der Waals surface area contributed by atoms with Crippen molar-refractivity contribution in [2.24, 2.45) is 0 Å². The molecule has 4 N–H and O–H groups in total. The predicted octanol–water partition coefficient (Wildman–Crippen LogP) is 3.49. The van der Waals surface area contributed by atoms with Crippen LogP contribution >= 0.6 is 22.7 Å². The number of nitrogens with one attached hydrogen (secondary N) is 2. The van der Waals surface area contributed by atoms with Crippen molar-refractivity contribution >= 4 is 40.0 Å². The van der Waals surface area contributed by atoms with Crippen molar-refractivity contribution in [3.05, 3.63) is 51.1 Å². The quantitative estimate of drug-likeness (QED) is 0.583. The Bertz CT molecular complexity index is 652. The van der Waals surface area contributed by atoms with Crippen molar-refractivity contribution in [3.8, 4) is 0 Å². The number of nitrogens with two attached hydrogens (primary N) is 1. The molecule has 120 valence electrons. The molecule has 5 nitrogen and oxygen atoms in total. The summed E-state index contributed by atoms with van der Waals surface area (Å²) in [5.74, 6) is 1.38. The molecule has 0 fully saturated rings. The molecule has 0 bridgehead atoms. The zero-order chi connectivity index (χ0) is 15.9. The molecule has 0 spiro atoms. The molecule has 0 aromatic carbocycles. The molecule has 0 saturated carbocycles. The van der Waals surface area contributed by atoms with Gasteiger partial charge in [-0.15, -0.1) is 22.7 Å². The van der Waals surface area contributed by atoms with Gasteiger partial charge < -0.3 is 16.4 Å². The average Bonchev–Trinajstić information content (AvgIpc) is 3.24. The van der Waals surface area contributed by atoms with Crippen LogP contribution in [0.1, 0.15) is 9.75 Å². The van der Waals surface area contributed by atoms with Crippen LogP contribution in [0.2, 0.25) is 0 Å². The third-order valence-corrected chi connectivity index (χ3v) is 5.24. The first-order valence-corrected chi connectivity index (χ1v) is 9.22. The highest BCUT2D eigenvalue weighted by molar-refractivity contribution is 7.10. The topological polar surface area (TPSA) is 75.9 Å². The molecule has 23 heavy (non-hydrogen) atoms. The third kappa shape index (κ3) is 4.43. The van der Waals surface area contributed by atoms with E-state index in [1.165, 1.54) is 16.1 Å². The molecule has 0 unspecified atom stereocenters. The van der Waals surface area contributed by atoms with Crippen LogP contribution in [-0.4, -0.2) is 23.1 Å². The van der Waals surface area contributed by atoms with Crippen LogP contribution < -0.4 is 16.4 Å². The Morgan fingerprint density at radius 3 is 1.83 bits per heavy atom. The van der Waals surface area contributed by atoms with Gasteiger partial charge in [0.1, 0.15) is 12.0 Å². The van der Waals surface area contributed by atoms with Gasteiger partial charge in [0.2, 0.25) is 0 Å². The Morgan fingerprint density at radius 2 is 1.39 bits per heavy atom. The molecule has 3 aromatic heterocycles. The standard InChI is InChI=1S/C16H19N5S2/c17-14-15(18-7-5-12-3-1-9-22-12)20-11-21-16(14)19-8-6-13-4-2-10-23-13/h1-4,9-11H,5-8,17H2,(H2,18,19,20,21). The smallest absolute Gasteiger partial charge is 0.154 e. The molecule has 0 radical (unpaired) electrons. The lowest BCUT2D eigenvalue weighted by molar-refractivity contribution is 1.00. The second-order valence-corrected chi connectivity index (χ2v) is 7.06. The van der Waals surface area contributed by atoms with Crippen molar-refractivity contribution in [2.75, 3.05) is 29.5 Å². The van der Waals surface area contributed by atoms with Crippen LogP contribution in [0.4, 0.5) is 17.3 Å². The van der Waals surface area contributed by atoms with Crippen LogP contribution in [0, 0.1) is 0 Å². The van der Waals surface area contributed by atoms with Gasteiger partial charge in [-0.1, -0.05) is 12.1 Å². The minimum Gasteiger partial charge on any atom is -0.393 e. The Kier molecular flexibility index (Phi) is 5.44. The lowest BCUT2D eigenvalue weighted by Crippen LogP contribution is -2.12. The summed E-state index contributed by atoms with van der Waals surface area (Å²) in [6.45, 7) is 1.60. The van der Waals surface area contributed by atoms with Gasteiger partial charge in [-0.2, -0.15) is 0 Å². The fourth-order valence-electron chi connectivity index (χ4n) is 2.20. The third-order valence-electron chi connectivity index (χ3n) is 3.37. The van der Waals surface area contributed by atoms with Crippen LogP contribution in [0.25, 0.3) is 0 Å². The maximum absolute atomic E-state index is 6.16. The first kappa shape index (κ1) is 15.8. The molecule has 0 aliphatic heterocycles. The first-order chi connectivity index (χ1) is 11.3. The number of hydrogen-bond donors (Lipinski definition) is 3. The second kappa shape index (κ2) is 7.94. The zero-order valence-corrected chi connectivity index (χ0v) is 14.3. The lowest BCUT2D eigenvalue weighted by Gasteiger charge is -2.12. The SMILES string of the molecule is Nc1c(NCCc2cccs2)ncnc1NCCc1cccs1. The number of anilines is 3. The van der Waals surface area contributed by atoms with Gasteiger partial charge in [0.15, 0.2) is 11.6 Å². The van der Waals surface area contributed by atoms with E-state index < -0.39 is 0 Å². The van der Waals surface area contributed by atoms with Gasteiger partial charge in [-0.25, -0.2) is 9.97 Å². The van der Waals surface area contributed by atoms with Crippen LogP contribution in [0.15, 0.2) is 41.4 Å². The predicted molar refractivity (Wildman–Crippen MR) is 99.5 cm³/mol. The Labute approximate surface area is 143 Å². The highest BCUT2D eigenvalue weighted by Gasteiger charge is 2.07. The van der Waals surface area contributed by atoms with Crippen molar-refractivity contribution in [2.45, 2.75) is 12.8 Å². The maximum Gasteiger partial charge on any atom is 0.154 e. The molecule has 0 atom stereocenters. The number of hydrogen-bond acceptors (Lipinski definition) is 7. The van der Waals surface area contributed by atoms with E-state index in [-0.39, 0.29) is 0 Å². The Balaban J connectivity index is 1.52. The highest BCUT2D eigenvalue weighted by atomic mass is 32.1. The maximum atomic E-state index is 6.16. The summed E-state index contributed by atoms with van der Waals surface area (Å²) in [5.41, 5.74) is 6.73. The Hall–Kier alpha value is -2.12. The summed E-state index contributed by atoms with van der Waals surface area (Å²) >= 11 is 3.52. The summed E-state index contributed by atoms with van der Waals surface area (Å²) in [4.78, 5) is 11.2.